The van der Waals surface area contributed by atoms with E-state index in [1.54, 1.807) is 0 Å². The summed E-state index contributed by atoms with van der Waals surface area (Å²) in [6.45, 7) is 3.15. The number of fused-ring (bicyclic) bond motifs is 1. The van der Waals surface area contributed by atoms with Gasteiger partial charge in [-0.25, -0.2) is 9.36 Å². The predicted molar refractivity (Wildman–Crippen MR) is 127 cm³/mol. The van der Waals surface area contributed by atoms with E-state index in [4.69, 9.17) is 10.5 Å². The first-order valence-corrected chi connectivity index (χ1v) is 11.1. The fourth-order valence-electron chi connectivity index (χ4n) is 4.14. The Bertz CT molecular complexity index is 1170. The average Bonchev–Trinajstić information content (AvgIpc) is 3.24. The third-order valence-corrected chi connectivity index (χ3v) is 5.74. The van der Waals surface area contributed by atoms with Crippen LogP contribution in [0, 0.1) is 0 Å². The summed E-state index contributed by atoms with van der Waals surface area (Å²) in [5.41, 5.74) is 7.64. The van der Waals surface area contributed by atoms with E-state index in [0.717, 1.165) is 23.8 Å². The number of aryl methyl sites for hydroxylation is 2. The van der Waals surface area contributed by atoms with Gasteiger partial charge in [0, 0.05) is 32.8 Å². The molecule has 0 saturated heterocycles. The van der Waals surface area contributed by atoms with Crippen molar-refractivity contribution in [3.05, 3.63) is 50.2 Å². The first-order valence-electron chi connectivity index (χ1n) is 11.1. The van der Waals surface area contributed by atoms with Crippen molar-refractivity contribution < 1.29 is 14.3 Å². The Kier molecular flexibility index (Phi) is 7.70. The van der Waals surface area contributed by atoms with Gasteiger partial charge in [0.25, 0.3) is 5.56 Å². The maximum absolute atomic E-state index is 13.3. The molecule has 1 aliphatic carbocycles. The van der Waals surface area contributed by atoms with Crippen molar-refractivity contribution in [2.45, 2.75) is 52.6 Å². The maximum atomic E-state index is 13.3. The number of hydrogen-bond donors (Lipinski definition) is 2. The zero-order chi connectivity index (χ0) is 24.1. The van der Waals surface area contributed by atoms with Gasteiger partial charge in [0.2, 0.25) is 11.8 Å². The summed E-state index contributed by atoms with van der Waals surface area (Å²) in [5.74, 6) is -1.04. The smallest absolute Gasteiger partial charge is 0.333 e. The molecule has 0 atom stereocenters. The number of rotatable bonds is 9. The lowest BCUT2D eigenvalue weighted by Gasteiger charge is -2.24. The van der Waals surface area contributed by atoms with Gasteiger partial charge >= 0.3 is 5.69 Å². The molecule has 1 aromatic heterocycles. The molecule has 1 aromatic carbocycles. The summed E-state index contributed by atoms with van der Waals surface area (Å²) in [7, 11) is 1.47. The fourth-order valence-corrected chi connectivity index (χ4v) is 4.14. The van der Waals surface area contributed by atoms with Crippen molar-refractivity contribution >= 4 is 29.0 Å². The van der Waals surface area contributed by atoms with Crippen molar-refractivity contribution in [3.8, 4) is 0 Å². The van der Waals surface area contributed by atoms with Crippen LogP contribution in [-0.2, 0) is 40.3 Å². The Morgan fingerprint density at radius 3 is 2.58 bits per heavy atom. The molecule has 178 valence electrons. The van der Waals surface area contributed by atoms with Gasteiger partial charge in [0.05, 0.1) is 6.61 Å². The molecule has 0 unspecified atom stereocenters. The van der Waals surface area contributed by atoms with Crippen LogP contribution in [0.3, 0.4) is 0 Å². The van der Waals surface area contributed by atoms with Gasteiger partial charge < -0.3 is 20.7 Å². The van der Waals surface area contributed by atoms with Crippen molar-refractivity contribution in [3.63, 3.8) is 0 Å². The average molecular weight is 458 g/mol. The van der Waals surface area contributed by atoms with E-state index in [1.165, 1.54) is 34.6 Å². The van der Waals surface area contributed by atoms with E-state index in [2.05, 4.69) is 5.32 Å². The van der Waals surface area contributed by atoms with Crippen LogP contribution in [0.1, 0.15) is 37.8 Å². The summed E-state index contributed by atoms with van der Waals surface area (Å²) in [5, 5.41) is 2.77. The minimum atomic E-state index is -0.791. The quantitative estimate of drug-likeness (QED) is 0.581. The Morgan fingerprint density at radius 2 is 1.91 bits per heavy atom. The molecule has 10 heteroatoms. The van der Waals surface area contributed by atoms with Crippen molar-refractivity contribution in [2.24, 2.45) is 0 Å². The minimum Gasteiger partial charge on any atom is -0.383 e. The molecular weight excluding hydrogens is 426 g/mol. The zero-order valence-electron chi connectivity index (χ0n) is 19.3. The summed E-state index contributed by atoms with van der Waals surface area (Å²) in [6, 6.07) is 5.73. The number of nitrogens with two attached hydrogens (primary N) is 1. The van der Waals surface area contributed by atoms with Gasteiger partial charge in [-0.3, -0.25) is 19.0 Å². The van der Waals surface area contributed by atoms with Crippen molar-refractivity contribution in [1.29, 1.82) is 0 Å². The van der Waals surface area contributed by atoms with E-state index >= 15 is 0 Å². The molecule has 3 rings (SSSR count). The molecule has 0 spiro atoms. The number of benzene rings is 1. The number of carbonyl (C=O) groups is 2. The van der Waals surface area contributed by atoms with Crippen LogP contribution in [0.25, 0.3) is 0 Å². The highest BCUT2D eigenvalue weighted by atomic mass is 16.5. The number of carbonyl (C=O) groups excluding carboxylic acids is 2. The van der Waals surface area contributed by atoms with Crippen molar-refractivity contribution in [2.75, 3.05) is 36.2 Å². The number of nitrogens with zero attached hydrogens (tertiary/aromatic N) is 3. The third-order valence-electron chi connectivity index (χ3n) is 5.74. The van der Waals surface area contributed by atoms with Crippen LogP contribution in [0.4, 0.5) is 17.2 Å². The minimum absolute atomic E-state index is 0.0803. The maximum Gasteiger partial charge on any atom is 0.333 e. The Balaban J connectivity index is 1.98. The number of ether oxygens (including phenoxy) is 1. The summed E-state index contributed by atoms with van der Waals surface area (Å²) in [6.07, 6.45) is 3.65. The molecule has 0 radical (unpaired) electrons. The summed E-state index contributed by atoms with van der Waals surface area (Å²) >= 11 is 0. The molecule has 2 aromatic rings. The Hall–Kier alpha value is -3.40. The Morgan fingerprint density at radius 1 is 1.18 bits per heavy atom. The van der Waals surface area contributed by atoms with Gasteiger partial charge in [0.1, 0.15) is 12.4 Å². The second-order valence-electron chi connectivity index (χ2n) is 8.11. The van der Waals surface area contributed by atoms with Crippen LogP contribution in [0.5, 0.6) is 0 Å². The third kappa shape index (κ3) is 5.16. The molecule has 1 aliphatic rings. The van der Waals surface area contributed by atoms with E-state index in [-0.39, 0.29) is 31.2 Å². The largest absolute Gasteiger partial charge is 0.383 e. The lowest BCUT2D eigenvalue weighted by molar-refractivity contribution is -0.117. The highest BCUT2D eigenvalue weighted by molar-refractivity contribution is 5.94. The van der Waals surface area contributed by atoms with Gasteiger partial charge in [-0.2, -0.15) is 0 Å². The SMILES string of the molecule is CCCn1c(N)c(N(CCOC)C(C)=O)c(=O)n(CC(=O)Nc2ccc3c(c2)CCC3)c1=O. The lowest BCUT2D eigenvalue weighted by Crippen LogP contribution is -2.48. The number of amides is 2. The van der Waals surface area contributed by atoms with E-state index in [0.29, 0.717) is 12.1 Å². The topological polar surface area (TPSA) is 129 Å². The zero-order valence-corrected chi connectivity index (χ0v) is 19.3. The first-order chi connectivity index (χ1) is 15.8. The van der Waals surface area contributed by atoms with Crippen LogP contribution in [-0.4, -0.2) is 41.2 Å². The number of nitrogens with one attached hydrogen (secondary N) is 1. The number of nitrogen functional groups attached to an aromatic ring is 1. The van der Waals surface area contributed by atoms with Gasteiger partial charge in [0.15, 0.2) is 5.69 Å². The fraction of sp³-hybridized carbons (Fsp3) is 0.478. The molecule has 0 saturated carbocycles. The molecule has 3 N–H and O–H groups in total. The summed E-state index contributed by atoms with van der Waals surface area (Å²) < 4.78 is 7.09. The van der Waals surface area contributed by atoms with Gasteiger partial charge in [-0.15, -0.1) is 0 Å². The molecular formula is C23H31N5O5. The van der Waals surface area contributed by atoms with Crippen LogP contribution < -0.4 is 27.2 Å². The molecule has 1 heterocycles. The molecule has 0 fully saturated rings. The highest BCUT2D eigenvalue weighted by Gasteiger charge is 2.25. The highest BCUT2D eigenvalue weighted by Crippen LogP contribution is 2.25. The number of anilines is 3. The van der Waals surface area contributed by atoms with E-state index < -0.39 is 29.6 Å². The van der Waals surface area contributed by atoms with Gasteiger partial charge in [-0.05, 0) is 48.9 Å². The lowest BCUT2D eigenvalue weighted by atomic mass is 10.1. The summed E-state index contributed by atoms with van der Waals surface area (Å²) in [4.78, 5) is 52.5. The molecule has 2 amide bonds. The van der Waals surface area contributed by atoms with E-state index in [1.807, 2.05) is 25.1 Å². The van der Waals surface area contributed by atoms with Crippen LogP contribution >= 0.6 is 0 Å². The molecule has 0 bridgehead atoms. The normalized spacial score (nSPS) is 12.5. The number of methoxy groups -OCH3 is 1. The Labute approximate surface area is 191 Å². The molecule has 33 heavy (non-hydrogen) atoms. The van der Waals surface area contributed by atoms with Gasteiger partial charge in [-0.1, -0.05) is 13.0 Å². The second kappa shape index (κ2) is 10.5. The monoisotopic (exact) mass is 457 g/mol. The first kappa shape index (κ1) is 24.2. The molecule has 0 aliphatic heterocycles. The van der Waals surface area contributed by atoms with Crippen molar-refractivity contribution in [1.82, 2.24) is 9.13 Å². The standard InChI is InChI=1S/C23H31N5O5/c1-4-10-27-21(24)20(26(15(2)29)11-12-33-3)22(31)28(23(27)32)14-19(30)25-18-9-8-16-6-5-7-17(16)13-18/h8-9,13H,4-7,10-12,14,24H2,1-3H3,(H,25,30). The van der Waals surface area contributed by atoms with Crippen LogP contribution in [0.15, 0.2) is 27.8 Å². The molecule has 10 nitrogen and oxygen atoms in total. The van der Waals surface area contributed by atoms with E-state index in [9.17, 15) is 19.2 Å². The predicted octanol–water partition coefficient (Wildman–Crippen LogP) is 1.13. The number of aromatic nitrogens is 2. The number of hydrogen-bond acceptors (Lipinski definition) is 6. The van der Waals surface area contributed by atoms with Crippen LogP contribution in [0.2, 0.25) is 0 Å². The second-order valence-corrected chi connectivity index (χ2v) is 8.11.